The van der Waals surface area contributed by atoms with E-state index in [1.807, 2.05) is 18.2 Å². The van der Waals surface area contributed by atoms with Crippen molar-refractivity contribution < 1.29 is 22.0 Å². The summed E-state index contributed by atoms with van der Waals surface area (Å²) in [5, 5.41) is 0. The van der Waals surface area contributed by atoms with E-state index < -0.39 is 27.8 Å². The van der Waals surface area contributed by atoms with Crippen LogP contribution in [0.15, 0.2) is 42.5 Å². The van der Waals surface area contributed by atoms with E-state index in [1.165, 1.54) is 20.2 Å². The molecule has 1 amide bonds. The number of hydrogen-bond acceptors (Lipinski definition) is 4. The Labute approximate surface area is 205 Å². The van der Waals surface area contributed by atoms with E-state index in [0.717, 1.165) is 52.0 Å². The zero-order chi connectivity index (χ0) is 25.3. The van der Waals surface area contributed by atoms with Crippen LogP contribution in [0.3, 0.4) is 0 Å². The van der Waals surface area contributed by atoms with Crippen molar-refractivity contribution >= 4 is 16.1 Å². The van der Waals surface area contributed by atoms with Crippen LogP contribution in [0.1, 0.15) is 53.1 Å². The SMILES string of the molecule is CN(C)S(=O)(=O)N(CCN1[C@@H]2CC[C@H]1CC(c1cccc(C(N)=O)c1)C2)Cc1c(F)cccc1F. The lowest BCUT2D eigenvalue weighted by Crippen LogP contribution is -2.48. The molecule has 1 unspecified atom stereocenters. The van der Waals surface area contributed by atoms with Gasteiger partial charge in [0.15, 0.2) is 0 Å². The van der Waals surface area contributed by atoms with E-state index in [1.54, 1.807) is 6.07 Å². The number of nitrogens with zero attached hydrogens (tertiary/aromatic N) is 3. The third-order valence-electron chi connectivity index (χ3n) is 7.32. The third kappa shape index (κ3) is 5.40. The Morgan fingerprint density at radius 1 is 1.06 bits per heavy atom. The maximum Gasteiger partial charge on any atom is 0.281 e. The van der Waals surface area contributed by atoms with Crippen molar-refractivity contribution in [2.24, 2.45) is 5.73 Å². The number of carbonyl (C=O) groups excluding carboxylic acids is 1. The number of amides is 1. The highest BCUT2D eigenvalue weighted by Gasteiger charge is 2.41. The van der Waals surface area contributed by atoms with Crippen LogP contribution in [0.4, 0.5) is 8.78 Å². The zero-order valence-corrected chi connectivity index (χ0v) is 20.8. The molecule has 2 aromatic carbocycles. The summed E-state index contributed by atoms with van der Waals surface area (Å²) >= 11 is 0. The second kappa shape index (κ2) is 10.3. The molecule has 35 heavy (non-hydrogen) atoms. The maximum atomic E-state index is 14.3. The molecule has 10 heteroatoms. The lowest BCUT2D eigenvalue weighted by atomic mass is 9.84. The first-order chi connectivity index (χ1) is 16.6. The van der Waals surface area contributed by atoms with Gasteiger partial charge in [0.25, 0.3) is 10.2 Å². The van der Waals surface area contributed by atoms with Gasteiger partial charge in [0.1, 0.15) is 11.6 Å². The van der Waals surface area contributed by atoms with Gasteiger partial charge in [-0.15, -0.1) is 0 Å². The number of fused-ring (bicyclic) bond motifs is 2. The summed E-state index contributed by atoms with van der Waals surface area (Å²) in [6.07, 6.45) is 3.83. The lowest BCUT2D eigenvalue weighted by molar-refractivity contribution is 0.0999. The fraction of sp³-hybridized carbons (Fsp3) is 0.480. The fourth-order valence-corrected chi connectivity index (χ4v) is 6.52. The van der Waals surface area contributed by atoms with Crippen LogP contribution in [0.5, 0.6) is 0 Å². The number of primary amides is 1. The zero-order valence-electron chi connectivity index (χ0n) is 20.0. The highest BCUT2D eigenvalue weighted by molar-refractivity contribution is 7.86. The first-order valence-corrected chi connectivity index (χ1v) is 13.2. The molecule has 0 aromatic heterocycles. The van der Waals surface area contributed by atoms with E-state index in [2.05, 4.69) is 4.90 Å². The molecule has 2 bridgehead atoms. The summed E-state index contributed by atoms with van der Waals surface area (Å²) in [6.45, 7) is 0.236. The molecule has 4 rings (SSSR count). The Balaban J connectivity index is 1.48. The molecule has 2 fully saturated rings. The highest BCUT2D eigenvalue weighted by atomic mass is 32.2. The van der Waals surface area contributed by atoms with E-state index >= 15 is 0 Å². The predicted molar refractivity (Wildman–Crippen MR) is 130 cm³/mol. The Morgan fingerprint density at radius 3 is 2.23 bits per heavy atom. The van der Waals surface area contributed by atoms with Crippen LogP contribution in [-0.4, -0.2) is 67.1 Å². The van der Waals surface area contributed by atoms with E-state index in [9.17, 15) is 22.0 Å². The minimum Gasteiger partial charge on any atom is -0.366 e. The van der Waals surface area contributed by atoms with Crippen molar-refractivity contribution in [3.05, 3.63) is 70.8 Å². The second-order valence-corrected chi connectivity index (χ2v) is 11.7. The average Bonchev–Trinajstić information content (AvgIpc) is 3.04. The molecular weight excluding hydrogens is 474 g/mol. The van der Waals surface area contributed by atoms with Crippen LogP contribution in [0.2, 0.25) is 0 Å². The number of hydrogen-bond donors (Lipinski definition) is 1. The van der Waals surface area contributed by atoms with Crippen LogP contribution >= 0.6 is 0 Å². The van der Waals surface area contributed by atoms with Crippen molar-refractivity contribution in [3.63, 3.8) is 0 Å². The van der Waals surface area contributed by atoms with Gasteiger partial charge in [-0.1, -0.05) is 18.2 Å². The molecule has 2 N–H and O–H groups in total. The highest BCUT2D eigenvalue weighted by Crippen LogP contribution is 2.43. The van der Waals surface area contributed by atoms with Gasteiger partial charge >= 0.3 is 0 Å². The standard InChI is InChI=1S/C25H32F2N4O3S/c1-29(2)35(33,34)30(16-22-23(26)7-4-8-24(22)27)11-12-31-20-9-10-21(31)15-19(14-20)17-5-3-6-18(13-17)25(28)32/h3-8,13,19-21H,9-12,14-16H2,1-2H3,(H2,28,32)/t19?,20-,21+. The molecule has 190 valence electrons. The summed E-state index contributed by atoms with van der Waals surface area (Å²) in [5.74, 6) is -1.66. The number of carbonyl (C=O) groups is 1. The molecule has 0 spiro atoms. The largest absolute Gasteiger partial charge is 0.366 e. The number of rotatable bonds is 9. The van der Waals surface area contributed by atoms with Crippen LogP contribution in [-0.2, 0) is 16.8 Å². The van der Waals surface area contributed by atoms with Crippen LogP contribution in [0.25, 0.3) is 0 Å². The Bertz CT molecular complexity index is 1160. The molecule has 0 aliphatic carbocycles. The number of piperidine rings is 1. The van der Waals surface area contributed by atoms with Crippen molar-refractivity contribution in [1.29, 1.82) is 0 Å². The van der Waals surface area contributed by atoms with Gasteiger partial charge in [-0.05, 0) is 61.4 Å². The van der Waals surface area contributed by atoms with Crippen molar-refractivity contribution in [2.45, 2.75) is 50.2 Å². The number of nitrogens with two attached hydrogens (primary N) is 1. The summed E-state index contributed by atoms with van der Waals surface area (Å²) < 4.78 is 56.8. The van der Waals surface area contributed by atoms with Crippen molar-refractivity contribution in [1.82, 2.24) is 13.5 Å². The Morgan fingerprint density at radius 2 is 1.66 bits per heavy atom. The smallest absolute Gasteiger partial charge is 0.281 e. The summed E-state index contributed by atoms with van der Waals surface area (Å²) in [4.78, 5) is 13.9. The topological polar surface area (TPSA) is 87.0 Å². The molecule has 7 nitrogen and oxygen atoms in total. The minimum absolute atomic E-state index is 0.128. The molecule has 2 aliphatic heterocycles. The first-order valence-electron chi connectivity index (χ1n) is 11.8. The van der Waals surface area contributed by atoms with Gasteiger partial charge < -0.3 is 5.73 Å². The summed E-state index contributed by atoms with van der Waals surface area (Å²) in [5.41, 5.74) is 6.80. The molecule has 0 saturated carbocycles. The van der Waals surface area contributed by atoms with Gasteiger partial charge in [0.2, 0.25) is 5.91 Å². The van der Waals surface area contributed by atoms with Gasteiger partial charge in [0.05, 0.1) is 0 Å². The molecule has 3 atom stereocenters. The molecule has 2 heterocycles. The molecular formula is C25H32F2N4O3S. The molecule has 0 radical (unpaired) electrons. The van der Waals surface area contributed by atoms with Crippen molar-refractivity contribution in [2.75, 3.05) is 27.2 Å². The normalized spacial score (nSPS) is 22.7. The van der Waals surface area contributed by atoms with Crippen LogP contribution < -0.4 is 5.73 Å². The quantitative estimate of drug-likeness (QED) is 0.566. The molecule has 2 saturated heterocycles. The predicted octanol–water partition coefficient (Wildman–Crippen LogP) is 3.08. The summed E-state index contributed by atoms with van der Waals surface area (Å²) in [7, 11) is -1.07. The van der Waals surface area contributed by atoms with E-state index in [4.69, 9.17) is 5.73 Å². The van der Waals surface area contributed by atoms with Gasteiger partial charge in [0, 0.05) is 56.9 Å². The van der Waals surface area contributed by atoms with Gasteiger partial charge in [-0.2, -0.15) is 17.0 Å². The molecule has 2 aliphatic rings. The van der Waals surface area contributed by atoms with Crippen LogP contribution in [0, 0.1) is 11.6 Å². The van der Waals surface area contributed by atoms with Gasteiger partial charge in [-0.3, -0.25) is 9.69 Å². The maximum absolute atomic E-state index is 14.3. The number of halogens is 2. The number of benzene rings is 2. The van der Waals surface area contributed by atoms with Crippen molar-refractivity contribution in [3.8, 4) is 0 Å². The first kappa shape index (κ1) is 25.7. The second-order valence-electron chi connectivity index (χ2n) is 9.60. The molecule has 2 aromatic rings. The monoisotopic (exact) mass is 506 g/mol. The van der Waals surface area contributed by atoms with E-state index in [-0.39, 0.29) is 30.7 Å². The Hall–Kier alpha value is -2.40. The lowest BCUT2D eigenvalue weighted by Gasteiger charge is -2.40. The van der Waals surface area contributed by atoms with E-state index in [0.29, 0.717) is 18.0 Å². The third-order valence-corrected chi connectivity index (χ3v) is 9.21. The fourth-order valence-electron chi connectivity index (χ4n) is 5.45. The van der Waals surface area contributed by atoms with Gasteiger partial charge in [-0.25, -0.2) is 8.78 Å². The minimum atomic E-state index is -3.89. The Kier molecular flexibility index (Phi) is 7.56. The summed E-state index contributed by atoms with van der Waals surface area (Å²) in [6, 6.07) is 11.6. The average molecular weight is 507 g/mol.